The van der Waals surface area contributed by atoms with Crippen LogP contribution in [0.15, 0.2) is 81.9 Å². The fraction of sp³-hybridized carbons (Fsp3) is 0.185. The lowest BCUT2D eigenvalue weighted by Gasteiger charge is -2.12. The van der Waals surface area contributed by atoms with E-state index in [1.54, 1.807) is 29.8 Å². The number of hydrogen-bond donors (Lipinski definition) is 1. The summed E-state index contributed by atoms with van der Waals surface area (Å²) in [6.07, 6.45) is 3.34. The first-order chi connectivity index (χ1) is 18.5. The molecule has 5 rings (SSSR count). The predicted octanol–water partition coefficient (Wildman–Crippen LogP) is 7.33. The van der Waals surface area contributed by atoms with Gasteiger partial charge in [0.1, 0.15) is 10.7 Å². The Morgan fingerprint density at radius 2 is 1.95 bits per heavy atom. The summed E-state index contributed by atoms with van der Waals surface area (Å²) in [4.78, 5) is 17.3. The van der Waals surface area contributed by atoms with Crippen LogP contribution >= 0.6 is 46.3 Å². The highest BCUT2D eigenvalue weighted by molar-refractivity contribution is 7.98. The number of thiazole rings is 1. The van der Waals surface area contributed by atoms with Crippen LogP contribution in [0, 0.1) is 0 Å². The van der Waals surface area contributed by atoms with E-state index < -0.39 is 0 Å². The zero-order valence-electron chi connectivity index (χ0n) is 20.3. The van der Waals surface area contributed by atoms with Gasteiger partial charge in [-0.05, 0) is 55.7 Å². The average Bonchev–Trinajstić information content (AvgIpc) is 3.69. The highest BCUT2D eigenvalue weighted by Crippen LogP contribution is 2.33. The molecule has 0 saturated heterocycles. The standard InChI is InChI=1S/C27H23Cl2N5O2S2/c1-17(9-10-18-6-3-2-4-7-18)30-26(35)22-15-37-24(31-22)16-38-27-33-32-25(23-8-5-13-36-23)34(27)19-11-12-20(28)21(29)14-19/h2-8,11-15,17H,9-10,16H2,1H3,(H,30,35). The molecule has 0 aliphatic rings. The Balaban J connectivity index is 1.26. The lowest BCUT2D eigenvalue weighted by Crippen LogP contribution is -2.33. The first-order valence-electron chi connectivity index (χ1n) is 11.8. The summed E-state index contributed by atoms with van der Waals surface area (Å²) >= 11 is 15.3. The molecule has 0 fully saturated rings. The maximum atomic E-state index is 12.8. The van der Waals surface area contributed by atoms with Crippen LogP contribution < -0.4 is 5.32 Å². The number of carbonyl (C=O) groups excluding carboxylic acids is 1. The number of halogens is 2. The highest BCUT2D eigenvalue weighted by Gasteiger charge is 2.20. The normalized spacial score (nSPS) is 12.0. The first kappa shape index (κ1) is 26.5. The number of nitrogens with one attached hydrogen (secondary N) is 1. The van der Waals surface area contributed by atoms with Gasteiger partial charge in [-0.1, -0.05) is 65.3 Å². The number of carbonyl (C=O) groups is 1. The first-order valence-corrected chi connectivity index (χ1v) is 14.5. The molecule has 38 heavy (non-hydrogen) atoms. The third-order valence-corrected chi connectivity index (χ3v) is 8.44. The van der Waals surface area contributed by atoms with Gasteiger partial charge in [0.05, 0.1) is 27.7 Å². The smallest absolute Gasteiger partial charge is 0.270 e. The maximum Gasteiger partial charge on any atom is 0.270 e. The number of thioether (sulfide) groups is 1. The van der Waals surface area contributed by atoms with Gasteiger partial charge in [-0.25, -0.2) is 4.98 Å². The summed E-state index contributed by atoms with van der Waals surface area (Å²) in [6.45, 7) is 2.01. The number of aromatic nitrogens is 4. The second kappa shape index (κ2) is 12.2. The van der Waals surface area contributed by atoms with Crippen molar-refractivity contribution < 1.29 is 9.21 Å². The van der Waals surface area contributed by atoms with Gasteiger partial charge in [-0.2, -0.15) is 0 Å². The Labute approximate surface area is 238 Å². The van der Waals surface area contributed by atoms with E-state index in [9.17, 15) is 4.79 Å². The molecule has 0 spiro atoms. The molecule has 3 aromatic heterocycles. The second-order valence-corrected chi connectivity index (χ2v) is 11.2. The average molecular weight is 585 g/mol. The van der Waals surface area contributed by atoms with Crippen molar-refractivity contribution in [3.05, 3.63) is 98.6 Å². The van der Waals surface area contributed by atoms with Gasteiger partial charge in [0.15, 0.2) is 10.9 Å². The van der Waals surface area contributed by atoms with E-state index in [1.807, 2.05) is 41.8 Å². The van der Waals surface area contributed by atoms with Gasteiger partial charge in [0.2, 0.25) is 5.82 Å². The van der Waals surface area contributed by atoms with Crippen molar-refractivity contribution in [2.24, 2.45) is 0 Å². The van der Waals surface area contributed by atoms with Crippen LogP contribution in [-0.2, 0) is 12.2 Å². The molecule has 1 unspecified atom stereocenters. The van der Waals surface area contributed by atoms with E-state index in [0.29, 0.717) is 38.2 Å². The Morgan fingerprint density at radius 3 is 2.71 bits per heavy atom. The van der Waals surface area contributed by atoms with Crippen LogP contribution in [0.25, 0.3) is 17.3 Å². The fourth-order valence-electron chi connectivity index (χ4n) is 3.79. The SMILES string of the molecule is CC(CCc1ccccc1)NC(=O)c1csc(CSc2nnc(-c3ccco3)n2-c2ccc(Cl)c(Cl)c2)n1. The largest absolute Gasteiger partial charge is 0.461 e. The van der Waals surface area contributed by atoms with Crippen molar-refractivity contribution in [3.63, 3.8) is 0 Å². The van der Waals surface area contributed by atoms with Crippen LogP contribution in [0.5, 0.6) is 0 Å². The summed E-state index contributed by atoms with van der Waals surface area (Å²) in [5.74, 6) is 1.46. The molecular formula is C27H23Cl2N5O2S2. The van der Waals surface area contributed by atoms with E-state index in [2.05, 4.69) is 32.6 Å². The van der Waals surface area contributed by atoms with Crippen molar-refractivity contribution in [2.75, 3.05) is 0 Å². The number of nitrogens with zero attached hydrogens (tertiary/aromatic N) is 4. The number of rotatable bonds is 10. The molecule has 0 aliphatic carbocycles. The Kier molecular flexibility index (Phi) is 8.48. The van der Waals surface area contributed by atoms with Crippen molar-refractivity contribution in [2.45, 2.75) is 36.7 Å². The van der Waals surface area contributed by atoms with Crippen molar-refractivity contribution in [3.8, 4) is 17.3 Å². The highest BCUT2D eigenvalue weighted by atomic mass is 35.5. The topological polar surface area (TPSA) is 85.8 Å². The summed E-state index contributed by atoms with van der Waals surface area (Å²) < 4.78 is 7.43. The van der Waals surface area contributed by atoms with Crippen molar-refractivity contribution >= 4 is 52.2 Å². The second-order valence-electron chi connectivity index (χ2n) is 8.53. The van der Waals surface area contributed by atoms with E-state index in [0.717, 1.165) is 23.5 Å². The maximum absolute atomic E-state index is 12.8. The van der Waals surface area contributed by atoms with Gasteiger partial charge in [0, 0.05) is 11.4 Å². The number of amides is 1. The van der Waals surface area contributed by atoms with E-state index in [-0.39, 0.29) is 11.9 Å². The summed E-state index contributed by atoms with van der Waals surface area (Å²) in [5, 5.41) is 15.9. The molecule has 3 heterocycles. The summed E-state index contributed by atoms with van der Waals surface area (Å²) in [5.41, 5.74) is 2.42. The minimum Gasteiger partial charge on any atom is -0.461 e. The molecule has 2 aromatic carbocycles. The molecule has 0 saturated carbocycles. The summed E-state index contributed by atoms with van der Waals surface area (Å²) in [6, 6.07) is 19.2. The predicted molar refractivity (Wildman–Crippen MR) is 152 cm³/mol. The minimum absolute atomic E-state index is 0.0343. The number of benzene rings is 2. The van der Waals surface area contributed by atoms with Crippen LogP contribution in [-0.4, -0.2) is 31.7 Å². The van der Waals surface area contributed by atoms with Crippen molar-refractivity contribution in [1.82, 2.24) is 25.1 Å². The zero-order valence-corrected chi connectivity index (χ0v) is 23.4. The van der Waals surface area contributed by atoms with Gasteiger partial charge in [-0.3, -0.25) is 9.36 Å². The Bertz CT molecular complexity index is 1520. The van der Waals surface area contributed by atoms with Crippen LogP contribution in [0.1, 0.15) is 34.4 Å². The monoisotopic (exact) mass is 583 g/mol. The van der Waals surface area contributed by atoms with Gasteiger partial charge in [0.25, 0.3) is 5.91 Å². The molecule has 0 aliphatic heterocycles. The Hall–Kier alpha value is -3.11. The Morgan fingerprint density at radius 1 is 1.11 bits per heavy atom. The molecule has 11 heteroatoms. The molecule has 1 N–H and O–H groups in total. The summed E-state index contributed by atoms with van der Waals surface area (Å²) in [7, 11) is 0. The lowest BCUT2D eigenvalue weighted by atomic mass is 10.1. The number of furan rings is 1. The number of hydrogen-bond acceptors (Lipinski definition) is 7. The molecule has 0 radical (unpaired) electrons. The van der Waals surface area contributed by atoms with Gasteiger partial charge >= 0.3 is 0 Å². The third-order valence-electron chi connectivity index (χ3n) is 5.73. The van der Waals surface area contributed by atoms with Crippen molar-refractivity contribution in [1.29, 1.82) is 0 Å². The third kappa shape index (κ3) is 6.30. The van der Waals surface area contributed by atoms with E-state index in [1.165, 1.54) is 28.7 Å². The van der Waals surface area contributed by atoms with Crippen LogP contribution in [0.4, 0.5) is 0 Å². The zero-order chi connectivity index (χ0) is 26.5. The van der Waals surface area contributed by atoms with E-state index >= 15 is 0 Å². The van der Waals surface area contributed by atoms with Gasteiger partial charge in [-0.15, -0.1) is 21.5 Å². The molecule has 1 amide bonds. The van der Waals surface area contributed by atoms with Gasteiger partial charge < -0.3 is 9.73 Å². The lowest BCUT2D eigenvalue weighted by molar-refractivity contribution is 0.0934. The van der Waals surface area contributed by atoms with E-state index in [4.69, 9.17) is 27.6 Å². The minimum atomic E-state index is -0.169. The van der Waals surface area contributed by atoms with Crippen LogP contribution in [0.2, 0.25) is 10.0 Å². The quantitative estimate of drug-likeness (QED) is 0.173. The molecular weight excluding hydrogens is 561 g/mol. The number of aryl methyl sites for hydroxylation is 1. The molecule has 194 valence electrons. The van der Waals surface area contributed by atoms with Crippen LogP contribution in [0.3, 0.4) is 0 Å². The molecule has 0 bridgehead atoms. The molecule has 1 atom stereocenters. The molecule has 5 aromatic rings. The molecule has 7 nitrogen and oxygen atoms in total. The fourth-order valence-corrected chi connectivity index (χ4v) is 5.83.